The van der Waals surface area contributed by atoms with Gasteiger partial charge in [0.15, 0.2) is 0 Å². The fraction of sp³-hybridized carbons (Fsp3) is 0.118. The number of carbonyl (C=O) groups is 1. The number of nitrogens with two attached hydrogens (primary N) is 1. The quantitative estimate of drug-likeness (QED) is 0.848. The maximum Gasteiger partial charge on any atom is 0.255 e. The minimum absolute atomic E-state index is 0.179. The molecule has 0 heterocycles. The first-order valence-electron chi connectivity index (χ1n) is 6.47. The summed E-state index contributed by atoms with van der Waals surface area (Å²) in [6.07, 6.45) is 0. The lowest BCUT2D eigenvalue weighted by molar-refractivity contribution is 0.102. The number of nitrogens with one attached hydrogen (secondary N) is 1. The number of anilines is 1. The monoisotopic (exact) mass is 280 g/mol. The van der Waals surface area contributed by atoms with E-state index in [9.17, 15) is 4.79 Å². The molecule has 0 saturated carbocycles. The van der Waals surface area contributed by atoms with Gasteiger partial charge in [-0.15, -0.1) is 0 Å². The van der Waals surface area contributed by atoms with Gasteiger partial charge in [0.2, 0.25) is 0 Å². The van der Waals surface area contributed by atoms with Crippen LogP contribution in [0.2, 0.25) is 0 Å². The fourth-order valence-electron chi connectivity index (χ4n) is 1.77. The van der Waals surface area contributed by atoms with Gasteiger partial charge >= 0.3 is 0 Å². The highest BCUT2D eigenvalue weighted by Crippen LogP contribution is 2.14. The second kappa shape index (κ2) is 7.13. The van der Waals surface area contributed by atoms with Crippen molar-refractivity contribution in [2.45, 2.75) is 0 Å². The molecule has 0 unspecified atom stereocenters. The summed E-state index contributed by atoms with van der Waals surface area (Å²) < 4.78 is 5.06. The molecule has 0 aliphatic rings. The van der Waals surface area contributed by atoms with E-state index in [-0.39, 0.29) is 5.91 Å². The van der Waals surface area contributed by atoms with Crippen LogP contribution in [-0.2, 0) is 0 Å². The van der Waals surface area contributed by atoms with Gasteiger partial charge in [-0.2, -0.15) is 0 Å². The molecule has 0 saturated heterocycles. The van der Waals surface area contributed by atoms with Crippen molar-refractivity contribution in [2.24, 2.45) is 5.73 Å². The third-order valence-electron chi connectivity index (χ3n) is 2.81. The van der Waals surface area contributed by atoms with E-state index in [0.29, 0.717) is 23.5 Å². The molecule has 0 spiro atoms. The third kappa shape index (κ3) is 4.10. The van der Waals surface area contributed by atoms with Gasteiger partial charge in [-0.3, -0.25) is 4.79 Å². The summed E-state index contributed by atoms with van der Waals surface area (Å²) in [7, 11) is 1.59. The molecule has 2 aromatic carbocycles. The molecule has 0 fully saturated rings. The number of methoxy groups -OCH3 is 1. The highest BCUT2D eigenvalue weighted by atomic mass is 16.5. The molecule has 0 bridgehead atoms. The molecular formula is C17H16N2O2. The van der Waals surface area contributed by atoms with Crippen LogP contribution in [0.3, 0.4) is 0 Å². The Morgan fingerprint density at radius 1 is 1.24 bits per heavy atom. The van der Waals surface area contributed by atoms with Gasteiger partial charge in [0.1, 0.15) is 5.75 Å². The fourth-order valence-corrected chi connectivity index (χ4v) is 1.77. The summed E-state index contributed by atoms with van der Waals surface area (Å²) in [5.41, 5.74) is 7.41. The van der Waals surface area contributed by atoms with Crippen molar-refractivity contribution in [3.05, 3.63) is 59.7 Å². The van der Waals surface area contributed by atoms with Crippen molar-refractivity contribution in [1.82, 2.24) is 0 Å². The van der Waals surface area contributed by atoms with Crippen LogP contribution in [0.5, 0.6) is 5.75 Å². The van der Waals surface area contributed by atoms with Gasteiger partial charge in [-0.25, -0.2) is 0 Å². The molecule has 0 aromatic heterocycles. The average molecular weight is 280 g/mol. The minimum atomic E-state index is -0.179. The predicted octanol–water partition coefficient (Wildman–Crippen LogP) is 2.26. The lowest BCUT2D eigenvalue weighted by atomic mass is 10.1. The van der Waals surface area contributed by atoms with E-state index in [1.807, 2.05) is 24.3 Å². The molecule has 21 heavy (non-hydrogen) atoms. The molecule has 0 aliphatic carbocycles. The van der Waals surface area contributed by atoms with Crippen LogP contribution in [0.15, 0.2) is 48.5 Å². The number of rotatable bonds is 3. The molecule has 4 heteroatoms. The first kappa shape index (κ1) is 14.6. The van der Waals surface area contributed by atoms with Crippen molar-refractivity contribution in [3.8, 4) is 17.6 Å². The summed E-state index contributed by atoms with van der Waals surface area (Å²) >= 11 is 0. The standard InChI is InChI=1S/C17H16N2O2/c1-21-16-9-7-14(8-10-16)17(20)19-15-6-2-4-13(12-15)5-3-11-18/h2,4,6-10,12H,11,18H2,1H3,(H,19,20). The van der Waals surface area contributed by atoms with E-state index in [1.165, 1.54) is 0 Å². The van der Waals surface area contributed by atoms with E-state index in [2.05, 4.69) is 17.2 Å². The molecule has 3 N–H and O–H groups in total. The average Bonchev–Trinajstić information content (AvgIpc) is 2.53. The zero-order chi connectivity index (χ0) is 15.1. The van der Waals surface area contributed by atoms with E-state index in [1.54, 1.807) is 31.4 Å². The molecule has 4 nitrogen and oxygen atoms in total. The summed E-state index contributed by atoms with van der Waals surface area (Å²) in [5, 5.41) is 2.83. The van der Waals surface area contributed by atoms with Crippen molar-refractivity contribution in [3.63, 3.8) is 0 Å². The van der Waals surface area contributed by atoms with Crippen molar-refractivity contribution in [1.29, 1.82) is 0 Å². The van der Waals surface area contributed by atoms with Gasteiger partial charge in [-0.05, 0) is 42.5 Å². The molecule has 0 atom stereocenters. The normalized spacial score (nSPS) is 9.43. The zero-order valence-corrected chi connectivity index (χ0v) is 11.7. The van der Waals surface area contributed by atoms with E-state index in [0.717, 1.165) is 5.56 Å². The maximum absolute atomic E-state index is 12.1. The Morgan fingerprint density at radius 3 is 2.67 bits per heavy atom. The third-order valence-corrected chi connectivity index (χ3v) is 2.81. The first-order valence-corrected chi connectivity index (χ1v) is 6.47. The molecule has 2 aromatic rings. The van der Waals surface area contributed by atoms with Crippen molar-refractivity contribution >= 4 is 11.6 Å². The van der Waals surface area contributed by atoms with Crippen LogP contribution in [0, 0.1) is 11.8 Å². The van der Waals surface area contributed by atoms with Crippen molar-refractivity contribution < 1.29 is 9.53 Å². The Labute approximate surface area is 123 Å². The van der Waals surface area contributed by atoms with Crippen LogP contribution >= 0.6 is 0 Å². The Hall–Kier alpha value is -2.77. The molecule has 1 amide bonds. The van der Waals surface area contributed by atoms with E-state index in [4.69, 9.17) is 10.5 Å². The van der Waals surface area contributed by atoms with Crippen LogP contribution in [0.4, 0.5) is 5.69 Å². The smallest absolute Gasteiger partial charge is 0.255 e. The number of ether oxygens (including phenoxy) is 1. The molecule has 0 radical (unpaired) electrons. The lowest BCUT2D eigenvalue weighted by Gasteiger charge is -2.06. The summed E-state index contributed by atoms with van der Waals surface area (Å²) in [5.74, 6) is 6.25. The summed E-state index contributed by atoms with van der Waals surface area (Å²) in [6.45, 7) is 0.308. The molecule has 0 aliphatic heterocycles. The highest BCUT2D eigenvalue weighted by Gasteiger charge is 2.06. The van der Waals surface area contributed by atoms with E-state index < -0.39 is 0 Å². The van der Waals surface area contributed by atoms with Crippen LogP contribution in [-0.4, -0.2) is 19.6 Å². The van der Waals surface area contributed by atoms with Gasteiger partial charge < -0.3 is 15.8 Å². The Kier molecular flexibility index (Phi) is 4.97. The second-order valence-corrected chi connectivity index (χ2v) is 4.27. The predicted molar refractivity (Wildman–Crippen MR) is 83.3 cm³/mol. The van der Waals surface area contributed by atoms with E-state index >= 15 is 0 Å². The number of hydrogen-bond donors (Lipinski definition) is 2. The Balaban J connectivity index is 2.11. The Bertz CT molecular complexity index is 682. The van der Waals surface area contributed by atoms with Gasteiger partial charge in [0.05, 0.1) is 13.7 Å². The Morgan fingerprint density at radius 2 is 2.00 bits per heavy atom. The van der Waals surface area contributed by atoms with Crippen LogP contribution in [0.1, 0.15) is 15.9 Å². The second-order valence-electron chi connectivity index (χ2n) is 4.27. The highest BCUT2D eigenvalue weighted by molar-refractivity contribution is 6.04. The van der Waals surface area contributed by atoms with Crippen LogP contribution in [0.25, 0.3) is 0 Å². The molecule has 2 rings (SSSR count). The molecule has 106 valence electrons. The van der Waals surface area contributed by atoms with Crippen molar-refractivity contribution in [2.75, 3.05) is 19.0 Å². The van der Waals surface area contributed by atoms with Gasteiger partial charge in [0, 0.05) is 16.8 Å². The first-order chi connectivity index (χ1) is 10.2. The summed E-state index contributed by atoms with van der Waals surface area (Å²) in [6, 6.07) is 14.3. The largest absolute Gasteiger partial charge is 0.497 e. The number of hydrogen-bond acceptors (Lipinski definition) is 3. The number of benzene rings is 2. The lowest BCUT2D eigenvalue weighted by Crippen LogP contribution is -2.11. The number of carbonyl (C=O) groups excluding carboxylic acids is 1. The van der Waals surface area contributed by atoms with Gasteiger partial charge in [0.25, 0.3) is 5.91 Å². The topological polar surface area (TPSA) is 64.3 Å². The maximum atomic E-state index is 12.1. The molecular weight excluding hydrogens is 264 g/mol. The SMILES string of the molecule is COc1ccc(C(=O)Nc2cccc(C#CCN)c2)cc1. The number of amides is 1. The minimum Gasteiger partial charge on any atom is -0.497 e. The van der Waals surface area contributed by atoms with Crippen LogP contribution < -0.4 is 15.8 Å². The zero-order valence-electron chi connectivity index (χ0n) is 11.7. The van der Waals surface area contributed by atoms with Gasteiger partial charge in [-0.1, -0.05) is 17.9 Å². The summed E-state index contributed by atoms with van der Waals surface area (Å²) in [4.78, 5) is 12.1.